The molecule has 1 fully saturated rings. The smallest absolute Gasteiger partial charge is 0.282 e. The SMILES string of the molecule is Nc1cc(OCC(F)F)nc(N2CC(F)(F)C2)c1. The van der Waals surface area contributed by atoms with E-state index in [-0.39, 0.29) is 17.4 Å². The zero-order valence-electron chi connectivity index (χ0n) is 9.25. The molecule has 1 saturated heterocycles. The highest BCUT2D eigenvalue weighted by atomic mass is 19.3. The summed E-state index contributed by atoms with van der Waals surface area (Å²) in [6.07, 6.45) is -2.63. The lowest BCUT2D eigenvalue weighted by atomic mass is 10.1. The topological polar surface area (TPSA) is 51.4 Å². The molecule has 0 aliphatic carbocycles. The van der Waals surface area contributed by atoms with Gasteiger partial charge < -0.3 is 15.4 Å². The molecular weight excluding hydrogens is 254 g/mol. The fraction of sp³-hybridized carbons (Fsp3) is 0.500. The third-order valence-electron chi connectivity index (χ3n) is 2.34. The van der Waals surface area contributed by atoms with Gasteiger partial charge in [-0.25, -0.2) is 17.6 Å². The molecule has 1 aromatic heterocycles. The van der Waals surface area contributed by atoms with Crippen LogP contribution in [-0.2, 0) is 0 Å². The summed E-state index contributed by atoms with van der Waals surface area (Å²) < 4.78 is 54.0. The van der Waals surface area contributed by atoms with Gasteiger partial charge in [0.25, 0.3) is 12.3 Å². The number of rotatable bonds is 4. The molecule has 0 saturated carbocycles. The van der Waals surface area contributed by atoms with Crippen molar-refractivity contribution in [3.8, 4) is 5.88 Å². The number of pyridine rings is 1. The van der Waals surface area contributed by atoms with Crippen molar-refractivity contribution in [2.45, 2.75) is 12.3 Å². The molecule has 0 atom stereocenters. The van der Waals surface area contributed by atoms with Crippen LogP contribution in [0.2, 0.25) is 0 Å². The van der Waals surface area contributed by atoms with Crippen LogP contribution in [0.25, 0.3) is 0 Å². The molecule has 1 aromatic rings. The summed E-state index contributed by atoms with van der Waals surface area (Å²) in [6, 6.07) is 2.66. The van der Waals surface area contributed by atoms with E-state index in [1.165, 1.54) is 17.0 Å². The van der Waals surface area contributed by atoms with Gasteiger partial charge in [-0.1, -0.05) is 0 Å². The number of nitrogen functional groups attached to an aromatic ring is 1. The van der Waals surface area contributed by atoms with Crippen molar-refractivity contribution in [1.82, 2.24) is 4.98 Å². The van der Waals surface area contributed by atoms with Gasteiger partial charge in [0.15, 0.2) is 6.61 Å². The molecule has 2 N–H and O–H groups in total. The number of alkyl halides is 4. The van der Waals surface area contributed by atoms with Gasteiger partial charge in [-0.15, -0.1) is 0 Å². The highest BCUT2D eigenvalue weighted by Gasteiger charge is 2.44. The van der Waals surface area contributed by atoms with Crippen molar-refractivity contribution in [3.63, 3.8) is 0 Å². The van der Waals surface area contributed by atoms with E-state index < -0.39 is 32.0 Å². The molecule has 0 aromatic carbocycles. The first-order valence-corrected chi connectivity index (χ1v) is 5.17. The quantitative estimate of drug-likeness (QED) is 0.843. The minimum atomic E-state index is -2.74. The lowest BCUT2D eigenvalue weighted by Gasteiger charge is -2.39. The Morgan fingerprint density at radius 2 is 2.06 bits per heavy atom. The van der Waals surface area contributed by atoms with Crippen molar-refractivity contribution >= 4 is 11.5 Å². The molecule has 4 nitrogen and oxygen atoms in total. The van der Waals surface area contributed by atoms with E-state index in [9.17, 15) is 17.6 Å². The second-order valence-electron chi connectivity index (χ2n) is 4.01. The summed E-state index contributed by atoms with van der Waals surface area (Å²) in [5.74, 6) is -2.64. The zero-order valence-corrected chi connectivity index (χ0v) is 9.25. The van der Waals surface area contributed by atoms with Gasteiger partial charge in [0.2, 0.25) is 5.88 Å². The normalized spacial score (nSPS) is 17.7. The Morgan fingerprint density at radius 3 is 2.61 bits per heavy atom. The monoisotopic (exact) mass is 265 g/mol. The summed E-state index contributed by atoms with van der Waals surface area (Å²) in [7, 11) is 0. The first-order valence-electron chi connectivity index (χ1n) is 5.17. The third-order valence-corrected chi connectivity index (χ3v) is 2.34. The Labute approximate surface area is 100 Å². The number of nitrogens with two attached hydrogens (primary N) is 1. The summed E-state index contributed by atoms with van der Waals surface area (Å²) >= 11 is 0. The van der Waals surface area contributed by atoms with Crippen LogP contribution in [0.15, 0.2) is 12.1 Å². The molecule has 8 heteroatoms. The fourth-order valence-electron chi connectivity index (χ4n) is 1.57. The average Bonchev–Trinajstić information content (AvgIpc) is 2.22. The number of hydrogen-bond donors (Lipinski definition) is 1. The molecular formula is C10H11F4N3O. The highest BCUT2D eigenvalue weighted by molar-refractivity contribution is 5.55. The van der Waals surface area contributed by atoms with Crippen LogP contribution in [0.3, 0.4) is 0 Å². The molecule has 100 valence electrons. The average molecular weight is 265 g/mol. The number of halogens is 4. The molecule has 0 amide bonds. The molecule has 0 spiro atoms. The summed E-state index contributed by atoms with van der Waals surface area (Å²) in [5, 5.41) is 0. The van der Waals surface area contributed by atoms with Crippen LogP contribution >= 0.6 is 0 Å². The maximum atomic E-state index is 12.7. The minimum Gasteiger partial charge on any atom is -0.471 e. The second-order valence-corrected chi connectivity index (χ2v) is 4.01. The van der Waals surface area contributed by atoms with E-state index in [1.54, 1.807) is 0 Å². The third kappa shape index (κ3) is 2.93. The molecule has 0 bridgehead atoms. The number of nitrogens with zero attached hydrogens (tertiary/aromatic N) is 2. The predicted octanol–water partition coefficient (Wildman–Crippen LogP) is 1.76. The highest BCUT2D eigenvalue weighted by Crippen LogP contribution is 2.32. The first kappa shape index (κ1) is 12.7. The number of ether oxygens (including phenoxy) is 1. The minimum absolute atomic E-state index is 0.0967. The maximum Gasteiger partial charge on any atom is 0.282 e. The van der Waals surface area contributed by atoms with E-state index in [2.05, 4.69) is 4.98 Å². The van der Waals surface area contributed by atoms with Gasteiger partial charge in [0.1, 0.15) is 5.82 Å². The summed E-state index contributed by atoms with van der Waals surface area (Å²) in [4.78, 5) is 5.15. The molecule has 18 heavy (non-hydrogen) atoms. The fourth-order valence-corrected chi connectivity index (χ4v) is 1.57. The van der Waals surface area contributed by atoms with Crippen LogP contribution in [0.4, 0.5) is 29.1 Å². The van der Waals surface area contributed by atoms with E-state index >= 15 is 0 Å². The zero-order chi connectivity index (χ0) is 13.3. The van der Waals surface area contributed by atoms with Crippen molar-refractivity contribution in [3.05, 3.63) is 12.1 Å². The van der Waals surface area contributed by atoms with Gasteiger partial charge in [0.05, 0.1) is 13.1 Å². The van der Waals surface area contributed by atoms with E-state index in [0.29, 0.717) is 0 Å². The Morgan fingerprint density at radius 1 is 1.39 bits per heavy atom. The van der Waals surface area contributed by atoms with Crippen LogP contribution in [-0.4, -0.2) is 37.0 Å². The van der Waals surface area contributed by atoms with Crippen molar-refractivity contribution in [2.75, 3.05) is 30.3 Å². The largest absolute Gasteiger partial charge is 0.471 e. The van der Waals surface area contributed by atoms with Gasteiger partial charge in [0, 0.05) is 17.8 Å². The van der Waals surface area contributed by atoms with Gasteiger partial charge in [-0.05, 0) is 0 Å². The molecule has 2 rings (SSSR count). The summed E-state index contributed by atoms with van der Waals surface area (Å²) in [6.45, 7) is -1.73. The molecule has 1 aliphatic rings. The van der Waals surface area contributed by atoms with Crippen molar-refractivity contribution < 1.29 is 22.3 Å². The van der Waals surface area contributed by atoms with Gasteiger partial charge >= 0.3 is 0 Å². The van der Waals surface area contributed by atoms with Gasteiger partial charge in [-0.3, -0.25) is 0 Å². The molecule has 2 heterocycles. The van der Waals surface area contributed by atoms with Crippen molar-refractivity contribution in [2.24, 2.45) is 0 Å². The van der Waals surface area contributed by atoms with Gasteiger partial charge in [-0.2, -0.15) is 4.98 Å². The lowest BCUT2D eigenvalue weighted by molar-refractivity contribution is -0.0267. The van der Waals surface area contributed by atoms with E-state index in [1.807, 2.05) is 0 Å². The molecule has 0 radical (unpaired) electrons. The van der Waals surface area contributed by atoms with Crippen LogP contribution in [0.5, 0.6) is 5.88 Å². The Bertz CT molecular complexity index is 433. The number of anilines is 2. The lowest BCUT2D eigenvalue weighted by Crippen LogP contribution is -2.56. The van der Waals surface area contributed by atoms with Crippen LogP contribution in [0, 0.1) is 0 Å². The summed E-state index contributed by atoms with van der Waals surface area (Å²) in [5.41, 5.74) is 5.75. The molecule has 0 unspecified atom stereocenters. The Kier molecular flexibility index (Phi) is 3.18. The van der Waals surface area contributed by atoms with Crippen LogP contribution in [0.1, 0.15) is 0 Å². The van der Waals surface area contributed by atoms with Crippen LogP contribution < -0.4 is 15.4 Å². The van der Waals surface area contributed by atoms with E-state index in [0.717, 1.165) is 0 Å². The Balaban J connectivity index is 2.07. The molecule has 1 aliphatic heterocycles. The second kappa shape index (κ2) is 4.51. The number of hydrogen-bond acceptors (Lipinski definition) is 4. The first-order chi connectivity index (χ1) is 8.35. The van der Waals surface area contributed by atoms with Crippen molar-refractivity contribution in [1.29, 1.82) is 0 Å². The maximum absolute atomic E-state index is 12.7. The van der Waals surface area contributed by atoms with E-state index in [4.69, 9.17) is 10.5 Å². The number of aromatic nitrogens is 1. The predicted molar refractivity (Wildman–Crippen MR) is 57.3 cm³/mol. The standard InChI is InChI=1S/C10H11F4N3O/c11-7(12)3-18-9-2-6(15)1-8(16-9)17-4-10(13,14)5-17/h1-2,7H,3-5H2,(H2,15,16). The Hall–Kier alpha value is -1.73.